The molecule has 1 amide bonds. The fourth-order valence-corrected chi connectivity index (χ4v) is 4.38. The summed E-state index contributed by atoms with van der Waals surface area (Å²) in [5, 5.41) is 26.9. The highest BCUT2D eigenvalue weighted by molar-refractivity contribution is 5.79. The predicted octanol–water partition coefficient (Wildman–Crippen LogP) is 0.743. The maximum atomic E-state index is 12.8. The lowest BCUT2D eigenvalue weighted by Gasteiger charge is -2.43. The van der Waals surface area contributed by atoms with Crippen LogP contribution >= 0.6 is 0 Å². The maximum absolute atomic E-state index is 12.8. The fourth-order valence-electron chi connectivity index (χ4n) is 4.38. The number of fused-ring (bicyclic) bond motifs is 1. The molecule has 1 aromatic carbocycles. The predicted molar refractivity (Wildman–Crippen MR) is 92.3 cm³/mol. The van der Waals surface area contributed by atoms with Crippen molar-refractivity contribution in [2.75, 3.05) is 13.1 Å². The van der Waals surface area contributed by atoms with Gasteiger partial charge in [0.1, 0.15) is 0 Å². The molecule has 2 aliphatic rings. The van der Waals surface area contributed by atoms with Crippen molar-refractivity contribution in [1.82, 2.24) is 10.6 Å². The van der Waals surface area contributed by atoms with Gasteiger partial charge in [-0.05, 0) is 43.4 Å². The van der Waals surface area contributed by atoms with Gasteiger partial charge in [-0.25, -0.2) is 0 Å². The van der Waals surface area contributed by atoms with E-state index in [-0.39, 0.29) is 29.6 Å². The van der Waals surface area contributed by atoms with E-state index in [0.717, 1.165) is 17.7 Å². The summed E-state index contributed by atoms with van der Waals surface area (Å²) in [6.45, 7) is 7.84. The molecule has 0 spiro atoms. The SMILES string of the molecule is Cc1ccc(C)c(CNC(=O)[C@H]2[C@@H](C)[C@H](O)[C@@H](O)[C@H]3CNC[C@@H]32)c1. The van der Waals surface area contributed by atoms with Crippen molar-refractivity contribution in [2.45, 2.75) is 39.5 Å². The van der Waals surface area contributed by atoms with E-state index in [1.54, 1.807) is 0 Å². The number of benzene rings is 1. The van der Waals surface area contributed by atoms with Crippen molar-refractivity contribution >= 4 is 5.91 Å². The zero-order valence-electron chi connectivity index (χ0n) is 14.6. The molecule has 1 saturated heterocycles. The van der Waals surface area contributed by atoms with Crippen molar-refractivity contribution < 1.29 is 15.0 Å². The number of aryl methyl sites for hydroxylation is 2. The number of carbonyl (C=O) groups is 1. The molecule has 1 heterocycles. The lowest BCUT2D eigenvalue weighted by atomic mass is 9.65. The van der Waals surface area contributed by atoms with Crippen molar-refractivity contribution in [3.8, 4) is 0 Å². The molecule has 24 heavy (non-hydrogen) atoms. The average molecular weight is 332 g/mol. The van der Waals surface area contributed by atoms with Crippen LogP contribution in [-0.2, 0) is 11.3 Å². The average Bonchev–Trinajstić information content (AvgIpc) is 3.03. The first kappa shape index (κ1) is 17.4. The smallest absolute Gasteiger partial charge is 0.224 e. The van der Waals surface area contributed by atoms with Crippen LogP contribution < -0.4 is 10.6 Å². The van der Waals surface area contributed by atoms with Gasteiger partial charge in [0.15, 0.2) is 0 Å². The molecular formula is C19H28N2O3. The molecule has 2 fully saturated rings. The zero-order chi connectivity index (χ0) is 17.4. The van der Waals surface area contributed by atoms with Gasteiger partial charge >= 0.3 is 0 Å². The highest BCUT2D eigenvalue weighted by atomic mass is 16.3. The first-order chi connectivity index (χ1) is 11.4. The molecular weight excluding hydrogens is 304 g/mol. The van der Waals surface area contributed by atoms with Crippen LogP contribution in [0.3, 0.4) is 0 Å². The molecule has 0 radical (unpaired) electrons. The van der Waals surface area contributed by atoms with Crippen LogP contribution in [0.15, 0.2) is 18.2 Å². The van der Waals surface area contributed by atoms with E-state index in [9.17, 15) is 15.0 Å². The van der Waals surface area contributed by atoms with E-state index in [1.807, 2.05) is 20.8 Å². The Morgan fingerprint density at radius 3 is 2.67 bits per heavy atom. The number of aliphatic hydroxyl groups excluding tert-OH is 2. The van der Waals surface area contributed by atoms with Gasteiger partial charge in [-0.1, -0.05) is 30.7 Å². The van der Waals surface area contributed by atoms with Crippen LogP contribution in [0.5, 0.6) is 0 Å². The molecule has 5 nitrogen and oxygen atoms in total. The summed E-state index contributed by atoms with van der Waals surface area (Å²) in [4.78, 5) is 12.8. The van der Waals surface area contributed by atoms with E-state index in [4.69, 9.17) is 0 Å². The number of rotatable bonds is 3. The zero-order valence-corrected chi connectivity index (χ0v) is 14.6. The van der Waals surface area contributed by atoms with Gasteiger partial charge in [0.2, 0.25) is 5.91 Å². The fraction of sp³-hybridized carbons (Fsp3) is 0.632. The number of hydrogen-bond donors (Lipinski definition) is 4. The van der Waals surface area contributed by atoms with E-state index in [2.05, 4.69) is 28.8 Å². The molecule has 132 valence electrons. The number of hydrogen-bond acceptors (Lipinski definition) is 4. The summed E-state index contributed by atoms with van der Waals surface area (Å²) < 4.78 is 0. The van der Waals surface area contributed by atoms with Gasteiger partial charge in [0, 0.05) is 24.9 Å². The molecule has 1 saturated carbocycles. The highest BCUT2D eigenvalue weighted by Gasteiger charge is 2.52. The Balaban J connectivity index is 1.72. The summed E-state index contributed by atoms with van der Waals surface area (Å²) in [5.74, 6) is -0.508. The van der Waals surface area contributed by atoms with Crippen LogP contribution in [0, 0.1) is 37.5 Å². The Morgan fingerprint density at radius 1 is 1.21 bits per heavy atom. The van der Waals surface area contributed by atoms with Crippen molar-refractivity contribution in [3.63, 3.8) is 0 Å². The van der Waals surface area contributed by atoms with Crippen LogP contribution in [0.2, 0.25) is 0 Å². The molecule has 4 N–H and O–H groups in total. The molecule has 0 bridgehead atoms. The molecule has 3 rings (SSSR count). The quantitative estimate of drug-likeness (QED) is 0.658. The molecule has 0 aromatic heterocycles. The third-order valence-electron chi connectivity index (χ3n) is 5.93. The molecule has 6 atom stereocenters. The molecule has 1 aliphatic heterocycles. The number of nitrogens with one attached hydrogen (secondary N) is 2. The van der Waals surface area contributed by atoms with Crippen LogP contribution in [0.4, 0.5) is 0 Å². The first-order valence-electron chi connectivity index (χ1n) is 8.81. The minimum atomic E-state index is -0.845. The minimum Gasteiger partial charge on any atom is -0.390 e. The summed E-state index contributed by atoms with van der Waals surface area (Å²) in [5.41, 5.74) is 3.46. The van der Waals surface area contributed by atoms with Crippen LogP contribution in [0.25, 0.3) is 0 Å². The summed E-state index contributed by atoms with van der Waals surface area (Å²) in [6.07, 6.45) is -1.59. The minimum absolute atomic E-state index is 0.0203. The highest BCUT2D eigenvalue weighted by Crippen LogP contribution is 2.41. The maximum Gasteiger partial charge on any atom is 0.224 e. The van der Waals surface area contributed by atoms with E-state index < -0.39 is 12.2 Å². The van der Waals surface area contributed by atoms with Crippen LogP contribution in [0.1, 0.15) is 23.6 Å². The first-order valence-corrected chi connectivity index (χ1v) is 8.81. The molecule has 5 heteroatoms. The normalized spacial score (nSPS) is 35.5. The Morgan fingerprint density at radius 2 is 1.92 bits per heavy atom. The van der Waals surface area contributed by atoms with Gasteiger partial charge in [0.05, 0.1) is 12.2 Å². The largest absolute Gasteiger partial charge is 0.390 e. The van der Waals surface area contributed by atoms with Crippen molar-refractivity contribution in [2.24, 2.45) is 23.7 Å². The lowest BCUT2D eigenvalue weighted by Crippen LogP contribution is -2.55. The topological polar surface area (TPSA) is 81.6 Å². The van der Waals surface area contributed by atoms with Gasteiger partial charge in [-0.3, -0.25) is 4.79 Å². The lowest BCUT2D eigenvalue weighted by molar-refractivity contribution is -0.146. The van der Waals surface area contributed by atoms with Gasteiger partial charge in [-0.2, -0.15) is 0 Å². The Bertz CT molecular complexity index is 619. The summed E-state index contributed by atoms with van der Waals surface area (Å²) in [7, 11) is 0. The third kappa shape index (κ3) is 3.08. The number of amides is 1. The van der Waals surface area contributed by atoms with Crippen molar-refractivity contribution in [3.05, 3.63) is 34.9 Å². The standard InChI is InChI=1S/C19H28N2O3/c1-10-4-5-11(2)13(6-10)7-21-19(24)16-12(3)17(22)18(23)15-9-20-8-14(15)16/h4-6,12,14-18,20,22-23H,7-9H2,1-3H3,(H,21,24)/t12-,14+,15+,16+,17+,18+/m1/s1. The van der Waals surface area contributed by atoms with E-state index in [0.29, 0.717) is 13.1 Å². The Kier molecular flexibility index (Phi) is 4.95. The Labute approximate surface area is 143 Å². The van der Waals surface area contributed by atoms with Crippen LogP contribution in [-0.4, -0.2) is 41.4 Å². The molecule has 0 unspecified atom stereocenters. The monoisotopic (exact) mass is 332 g/mol. The van der Waals surface area contributed by atoms with Gasteiger partial charge in [0.25, 0.3) is 0 Å². The van der Waals surface area contributed by atoms with Gasteiger partial charge < -0.3 is 20.8 Å². The molecule has 1 aromatic rings. The van der Waals surface area contributed by atoms with Crippen molar-refractivity contribution in [1.29, 1.82) is 0 Å². The second-order valence-electron chi connectivity index (χ2n) is 7.50. The van der Waals surface area contributed by atoms with E-state index in [1.165, 1.54) is 5.56 Å². The second kappa shape index (κ2) is 6.82. The summed E-state index contributed by atoms with van der Waals surface area (Å²) >= 11 is 0. The number of carbonyl (C=O) groups excluding carboxylic acids is 1. The Hall–Kier alpha value is -1.43. The summed E-state index contributed by atoms with van der Waals surface area (Å²) in [6, 6.07) is 6.23. The number of aliphatic hydroxyl groups is 2. The molecule has 1 aliphatic carbocycles. The third-order valence-corrected chi connectivity index (χ3v) is 5.93. The van der Waals surface area contributed by atoms with Gasteiger partial charge in [-0.15, -0.1) is 0 Å². The second-order valence-corrected chi connectivity index (χ2v) is 7.50. The van der Waals surface area contributed by atoms with E-state index >= 15 is 0 Å².